The Kier molecular flexibility index (Phi) is 4.80. The van der Waals surface area contributed by atoms with Gasteiger partial charge in [0.15, 0.2) is 5.82 Å². The van der Waals surface area contributed by atoms with Crippen molar-refractivity contribution in [3.05, 3.63) is 51.2 Å². The molecular weight excluding hydrogens is 433 g/mol. The van der Waals surface area contributed by atoms with Crippen LogP contribution in [0.25, 0.3) is 10.8 Å². The Bertz CT molecular complexity index is 1120. The van der Waals surface area contributed by atoms with Crippen molar-refractivity contribution in [1.82, 2.24) is 19.7 Å². The maximum atomic E-state index is 12.9. The molecule has 0 bridgehead atoms. The van der Waals surface area contributed by atoms with Gasteiger partial charge in [0.05, 0.1) is 23.2 Å². The van der Waals surface area contributed by atoms with Crippen LogP contribution >= 0.6 is 15.9 Å². The number of hydrogen-bond acceptors (Lipinski definition) is 6. The maximum absolute atomic E-state index is 12.9. The van der Waals surface area contributed by atoms with Crippen molar-refractivity contribution in [3.8, 4) is 5.88 Å². The number of ether oxygens (including phenoxy) is 1. The van der Waals surface area contributed by atoms with Gasteiger partial charge >= 0.3 is 0 Å². The number of carbonyl (C=O) groups excluding carboxylic acids is 1. The number of amides is 1. The fourth-order valence-electron chi connectivity index (χ4n) is 2.69. The van der Waals surface area contributed by atoms with Crippen molar-refractivity contribution >= 4 is 38.6 Å². The zero-order valence-electron chi connectivity index (χ0n) is 14.7. The summed E-state index contributed by atoms with van der Waals surface area (Å²) in [6.45, 7) is 1.71. The Morgan fingerprint density at radius 1 is 1.36 bits per heavy atom. The van der Waals surface area contributed by atoms with Crippen molar-refractivity contribution in [2.24, 2.45) is 5.92 Å². The van der Waals surface area contributed by atoms with E-state index in [-0.39, 0.29) is 18.6 Å². The minimum atomic E-state index is -0.618. The predicted molar refractivity (Wildman–Crippen MR) is 103 cm³/mol. The quantitative estimate of drug-likeness (QED) is 0.644. The van der Waals surface area contributed by atoms with E-state index in [9.17, 15) is 14.0 Å². The summed E-state index contributed by atoms with van der Waals surface area (Å²) in [6.07, 6.45) is 2.83. The number of halogens is 2. The fraction of sp³-hybridized carbons (Fsp3) is 0.278. The summed E-state index contributed by atoms with van der Waals surface area (Å²) in [7, 11) is 0. The van der Waals surface area contributed by atoms with Crippen LogP contribution in [0.3, 0.4) is 0 Å². The highest BCUT2D eigenvalue weighted by Crippen LogP contribution is 2.35. The summed E-state index contributed by atoms with van der Waals surface area (Å²) in [6, 6.07) is 5.16. The number of benzene rings is 1. The molecule has 4 rings (SSSR count). The minimum Gasteiger partial charge on any atom is -0.473 e. The Morgan fingerprint density at radius 2 is 2.07 bits per heavy atom. The molecule has 0 saturated heterocycles. The van der Waals surface area contributed by atoms with E-state index < -0.39 is 17.3 Å². The molecule has 1 aliphatic carbocycles. The van der Waals surface area contributed by atoms with E-state index in [0.717, 1.165) is 28.0 Å². The normalized spacial score (nSPS) is 18.1. The fourth-order valence-corrected chi connectivity index (χ4v) is 3.06. The van der Waals surface area contributed by atoms with Gasteiger partial charge in [0, 0.05) is 4.47 Å². The Balaban J connectivity index is 1.65. The molecule has 8 nitrogen and oxygen atoms in total. The van der Waals surface area contributed by atoms with E-state index in [1.807, 2.05) is 0 Å². The topological polar surface area (TPSA) is 99.0 Å². The van der Waals surface area contributed by atoms with E-state index in [1.165, 1.54) is 0 Å². The summed E-state index contributed by atoms with van der Waals surface area (Å²) in [4.78, 5) is 32.4. The highest BCUT2D eigenvalue weighted by molar-refractivity contribution is 9.10. The number of hydrogen-bond donors (Lipinski definition) is 1. The third-order valence-electron chi connectivity index (χ3n) is 4.35. The molecule has 2 heterocycles. The lowest BCUT2D eigenvalue weighted by molar-refractivity contribution is -0.117. The first-order chi connectivity index (χ1) is 13.4. The summed E-state index contributed by atoms with van der Waals surface area (Å²) < 4.78 is 20.6. The SMILES string of the molecule is C[C@H]1C[C@@H]1Oc1nn(CC(=O)Nc2ncc(F)cn2)c(=O)c2ccc(Br)cc12. The third-order valence-corrected chi connectivity index (χ3v) is 4.85. The van der Waals surface area contributed by atoms with Crippen molar-refractivity contribution in [3.63, 3.8) is 0 Å². The lowest BCUT2D eigenvalue weighted by atomic mass is 10.2. The van der Waals surface area contributed by atoms with Gasteiger partial charge in [-0.05, 0) is 30.5 Å². The number of carbonyl (C=O) groups is 1. The molecule has 2 atom stereocenters. The van der Waals surface area contributed by atoms with Gasteiger partial charge in [-0.2, -0.15) is 0 Å². The minimum absolute atomic E-state index is 0.0436. The van der Waals surface area contributed by atoms with E-state index in [4.69, 9.17) is 4.74 Å². The van der Waals surface area contributed by atoms with Crippen LogP contribution in [0.1, 0.15) is 13.3 Å². The molecule has 144 valence electrons. The number of fused-ring (bicyclic) bond motifs is 1. The summed E-state index contributed by atoms with van der Waals surface area (Å²) in [5.74, 6) is -0.525. The molecule has 1 aliphatic rings. The number of nitrogens with zero attached hydrogens (tertiary/aromatic N) is 4. The van der Waals surface area contributed by atoms with Crippen LogP contribution in [0.5, 0.6) is 5.88 Å². The molecular formula is C18H15BrFN5O3. The zero-order valence-corrected chi connectivity index (χ0v) is 16.3. The lowest BCUT2D eigenvalue weighted by Crippen LogP contribution is -2.30. The van der Waals surface area contributed by atoms with Gasteiger partial charge in [-0.1, -0.05) is 22.9 Å². The highest BCUT2D eigenvalue weighted by Gasteiger charge is 2.36. The smallest absolute Gasteiger partial charge is 0.275 e. The molecule has 1 saturated carbocycles. The molecule has 1 amide bonds. The molecule has 2 aromatic heterocycles. The summed E-state index contributed by atoms with van der Waals surface area (Å²) in [5.41, 5.74) is -0.422. The number of rotatable bonds is 5. The van der Waals surface area contributed by atoms with E-state index in [2.05, 4.69) is 43.2 Å². The van der Waals surface area contributed by atoms with E-state index in [0.29, 0.717) is 22.6 Å². The average molecular weight is 448 g/mol. The number of anilines is 1. The van der Waals surface area contributed by atoms with Gasteiger partial charge < -0.3 is 4.74 Å². The van der Waals surface area contributed by atoms with E-state index in [1.54, 1.807) is 18.2 Å². The van der Waals surface area contributed by atoms with Gasteiger partial charge in [-0.25, -0.2) is 19.0 Å². The Labute approximate surface area is 166 Å². The van der Waals surface area contributed by atoms with Gasteiger partial charge in [-0.15, -0.1) is 5.10 Å². The molecule has 28 heavy (non-hydrogen) atoms. The molecule has 3 aromatic rings. The number of aromatic nitrogens is 4. The van der Waals surface area contributed by atoms with E-state index >= 15 is 0 Å². The second-order valence-corrected chi connectivity index (χ2v) is 7.52. The maximum Gasteiger partial charge on any atom is 0.275 e. The largest absolute Gasteiger partial charge is 0.473 e. The van der Waals surface area contributed by atoms with Gasteiger partial charge in [0.1, 0.15) is 12.6 Å². The molecule has 0 aliphatic heterocycles. The highest BCUT2D eigenvalue weighted by atomic mass is 79.9. The van der Waals surface area contributed by atoms with Crippen molar-refractivity contribution in [2.45, 2.75) is 26.0 Å². The van der Waals surface area contributed by atoms with Crippen LogP contribution < -0.4 is 15.6 Å². The molecule has 0 unspecified atom stereocenters. The van der Waals surface area contributed by atoms with Crippen LogP contribution in [-0.4, -0.2) is 31.8 Å². The second-order valence-electron chi connectivity index (χ2n) is 6.60. The summed E-state index contributed by atoms with van der Waals surface area (Å²) in [5, 5.41) is 7.63. The van der Waals surface area contributed by atoms with Crippen LogP contribution in [0, 0.1) is 11.7 Å². The molecule has 1 aromatic carbocycles. The van der Waals surface area contributed by atoms with Crippen molar-refractivity contribution in [1.29, 1.82) is 0 Å². The molecule has 1 N–H and O–H groups in total. The predicted octanol–water partition coefficient (Wildman–Crippen LogP) is 2.51. The Hall–Kier alpha value is -2.88. The molecule has 0 radical (unpaired) electrons. The molecule has 10 heteroatoms. The number of nitrogens with one attached hydrogen (secondary N) is 1. The van der Waals surface area contributed by atoms with Crippen LogP contribution in [0.2, 0.25) is 0 Å². The Morgan fingerprint density at radius 3 is 2.75 bits per heavy atom. The molecule has 0 spiro atoms. The van der Waals surface area contributed by atoms with Crippen molar-refractivity contribution in [2.75, 3.05) is 5.32 Å². The third kappa shape index (κ3) is 3.86. The van der Waals surface area contributed by atoms with Gasteiger partial charge in [-0.3, -0.25) is 14.9 Å². The standard InChI is InChI=1S/C18H15BrFN5O3/c1-9-4-14(9)28-16-13-5-10(19)2-3-12(13)17(27)25(24-16)8-15(26)23-18-21-6-11(20)7-22-18/h2-3,5-7,9,14H,4,8H2,1H3,(H,21,22,23,26)/t9-,14-/m0/s1. The first-order valence-corrected chi connectivity index (χ1v) is 9.34. The van der Waals surface area contributed by atoms with Crippen LogP contribution in [0.4, 0.5) is 10.3 Å². The van der Waals surface area contributed by atoms with Gasteiger partial charge in [0.2, 0.25) is 17.7 Å². The first-order valence-electron chi connectivity index (χ1n) is 8.55. The van der Waals surface area contributed by atoms with Crippen molar-refractivity contribution < 1.29 is 13.9 Å². The molecule has 1 fully saturated rings. The summed E-state index contributed by atoms with van der Waals surface area (Å²) >= 11 is 3.39. The first kappa shape index (κ1) is 18.5. The van der Waals surface area contributed by atoms with Crippen LogP contribution in [0.15, 0.2) is 39.9 Å². The zero-order chi connectivity index (χ0) is 19.8. The average Bonchev–Trinajstić information content (AvgIpc) is 3.35. The monoisotopic (exact) mass is 447 g/mol. The van der Waals surface area contributed by atoms with Crippen LogP contribution in [-0.2, 0) is 11.3 Å². The second kappa shape index (κ2) is 7.27. The lowest BCUT2D eigenvalue weighted by Gasteiger charge is -2.12. The van der Waals surface area contributed by atoms with Gasteiger partial charge in [0.25, 0.3) is 5.56 Å².